The first kappa shape index (κ1) is 30.2. The summed E-state index contributed by atoms with van der Waals surface area (Å²) in [5.41, 5.74) is 1.11. The third-order valence-electron chi connectivity index (χ3n) is 6.91. The number of anilines is 1. The summed E-state index contributed by atoms with van der Waals surface area (Å²) in [6.45, 7) is 8.78. The van der Waals surface area contributed by atoms with Crippen LogP contribution in [-0.2, 0) is 9.53 Å². The quantitative estimate of drug-likeness (QED) is 0.205. The standard InChI is InChI=1S/C30H33BrClF2N3O3/c1-17-25(20-15-19(31)8-11-23(20)36-28(17)37-13-5-6-14-37)29(39)35-16-18(7-12-24(38)40-30(2,3)4)26-21(33)9-10-22(34)27(26)32/h8-11,15,18H,5-7,12-14,16H2,1-4H3,(H,35,39). The topological polar surface area (TPSA) is 71.5 Å². The van der Waals surface area contributed by atoms with Crippen molar-refractivity contribution in [3.05, 3.63) is 68.2 Å². The Morgan fingerprint density at radius 3 is 2.50 bits per heavy atom. The van der Waals surface area contributed by atoms with Crippen LogP contribution in [0.15, 0.2) is 34.8 Å². The Labute approximate surface area is 246 Å². The zero-order valence-electron chi connectivity index (χ0n) is 23.0. The first-order valence-electron chi connectivity index (χ1n) is 13.3. The maximum Gasteiger partial charge on any atom is 0.306 e. The Hall–Kier alpha value is -2.78. The van der Waals surface area contributed by atoms with E-state index in [4.69, 9.17) is 21.3 Å². The van der Waals surface area contributed by atoms with Crippen molar-refractivity contribution in [2.24, 2.45) is 0 Å². The number of pyridine rings is 1. The molecule has 3 aromatic rings. The van der Waals surface area contributed by atoms with Crippen molar-refractivity contribution in [2.75, 3.05) is 24.5 Å². The maximum absolute atomic E-state index is 15.0. The van der Waals surface area contributed by atoms with Gasteiger partial charge in [0.2, 0.25) is 0 Å². The summed E-state index contributed by atoms with van der Waals surface area (Å²) in [5, 5.41) is 3.22. The van der Waals surface area contributed by atoms with Gasteiger partial charge in [-0.3, -0.25) is 9.59 Å². The van der Waals surface area contributed by atoms with E-state index in [-0.39, 0.29) is 35.9 Å². The second kappa shape index (κ2) is 12.4. The minimum absolute atomic E-state index is 0.0621. The summed E-state index contributed by atoms with van der Waals surface area (Å²) < 4.78 is 35.5. The number of aromatic nitrogens is 1. The SMILES string of the molecule is Cc1c(N2CCCC2)nc2ccc(Br)cc2c1C(=O)NCC(CCC(=O)OC(C)(C)C)c1c(F)ccc(F)c1Cl. The lowest BCUT2D eigenvalue weighted by Crippen LogP contribution is -2.31. The number of hydrogen-bond donors (Lipinski definition) is 1. The molecule has 0 radical (unpaired) electrons. The van der Waals surface area contributed by atoms with Crippen LogP contribution >= 0.6 is 27.5 Å². The molecule has 40 heavy (non-hydrogen) atoms. The van der Waals surface area contributed by atoms with Gasteiger partial charge < -0.3 is 15.0 Å². The van der Waals surface area contributed by atoms with Gasteiger partial charge in [-0.1, -0.05) is 27.5 Å². The van der Waals surface area contributed by atoms with Crippen LogP contribution in [0.1, 0.15) is 73.9 Å². The second-order valence-electron chi connectivity index (χ2n) is 11.1. The smallest absolute Gasteiger partial charge is 0.306 e. The summed E-state index contributed by atoms with van der Waals surface area (Å²) >= 11 is 9.69. The fourth-order valence-corrected chi connectivity index (χ4v) is 5.77. The predicted octanol–water partition coefficient (Wildman–Crippen LogP) is 7.47. The molecule has 0 bridgehead atoms. The highest BCUT2D eigenvalue weighted by Gasteiger charge is 2.27. The molecule has 10 heteroatoms. The summed E-state index contributed by atoms with van der Waals surface area (Å²) in [6, 6.07) is 7.54. The Balaban J connectivity index is 1.66. The number of amides is 1. The molecule has 1 aliphatic rings. The Kier molecular flexibility index (Phi) is 9.35. The van der Waals surface area contributed by atoms with E-state index >= 15 is 0 Å². The molecule has 0 spiro atoms. The van der Waals surface area contributed by atoms with E-state index in [0.717, 1.165) is 53.9 Å². The molecule has 2 aromatic carbocycles. The second-order valence-corrected chi connectivity index (χ2v) is 12.4. The van der Waals surface area contributed by atoms with Crippen LogP contribution in [0, 0.1) is 18.6 Å². The largest absolute Gasteiger partial charge is 0.460 e. The van der Waals surface area contributed by atoms with Crippen molar-refractivity contribution in [1.29, 1.82) is 0 Å². The maximum atomic E-state index is 15.0. The van der Waals surface area contributed by atoms with Crippen molar-refractivity contribution in [1.82, 2.24) is 10.3 Å². The molecular weight excluding hydrogens is 604 g/mol. The number of carbonyl (C=O) groups excluding carboxylic acids is 2. The van der Waals surface area contributed by atoms with Crippen molar-refractivity contribution in [2.45, 2.75) is 64.9 Å². The van der Waals surface area contributed by atoms with Crippen LogP contribution in [-0.4, -0.2) is 42.1 Å². The van der Waals surface area contributed by atoms with E-state index in [0.29, 0.717) is 16.5 Å². The molecule has 1 amide bonds. The van der Waals surface area contributed by atoms with Gasteiger partial charge in [0.1, 0.15) is 23.1 Å². The molecule has 0 aliphatic carbocycles. The molecule has 1 atom stereocenters. The first-order valence-corrected chi connectivity index (χ1v) is 14.5. The van der Waals surface area contributed by atoms with E-state index in [9.17, 15) is 18.4 Å². The van der Waals surface area contributed by atoms with Crippen LogP contribution in [0.25, 0.3) is 10.9 Å². The normalized spacial score (nSPS) is 14.4. The van der Waals surface area contributed by atoms with Gasteiger partial charge in [-0.15, -0.1) is 0 Å². The lowest BCUT2D eigenvalue weighted by atomic mass is 9.92. The van der Waals surface area contributed by atoms with Gasteiger partial charge in [0.05, 0.1) is 16.1 Å². The zero-order chi connectivity index (χ0) is 29.2. The summed E-state index contributed by atoms with van der Waals surface area (Å²) in [5.74, 6) is -2.36. The van der Waals surface area contributed by atoms with E-state index in [1.54, 1.807) is 20.8 Å². The average molecular weight is 637 g/mol. The van der Waals surface area contributed by atoms with E-state index in [2.05, 4.69) is 26.1 Å². The number of benzene rings is 2. The molecule has 1 aliphatic heterocycles. The first-order chi connectivity index (χ1) is 18.9. The number of rotatable bonds is 8. The van der Waals surface area contributed by atoms with Crippen molar-refractivity contribution >= 4 is 56.1 Å². The molecular formula is C30H33BrClF2N3O3. The number of nitrogens with one attached hydrogen (secondary N) is 1. The number of halogens is 4. The van der Waals surface area contributed by atoms with E-state index in [1.807, 2.05) is 25.1 Å². The molecule has 6 nitrogen and oxygen atoms in total. The summed E-state index contributed by atoms with van der Waals surface area (Å²) in [6.07, 6.45) is 2.14. The molecule has 1 fully saturated rings. The van der Waals surface area contributed by atoms with Crippen LogP contribution in [0.5, 0.6) is 0 Å². The number of carbonyl (C=O) groups is 2. The van der Waals surface area contributed by atoms with Crippen LogP contribution < -0.4 is 10.2 Å². The lowest BCUT2D eigenvalue weighted by Gasteiger charge is -2.24. The van der Waals surface area contributed by atoms with Gasteiger partial charge in [0.25, 0.3) is 5.91 Å². The number of nitrogens with zero attached hydrogens (tertiary/aromatic N) is 2. The highest BCUT2D eigenvalue weighted by molar-refractivity contribution is 9.10. The average Bonchev–Trinajstić information content (AvgIpc) is 3.41. The van der Waals surface area contributed by atoms with Crippen molar-refractivity contribution in [3.8, 4) is 0 Å². The highest BCUT2D eigenvalue weighted by Crippen LogP contribution is 2.34. The zero-order valence-corrected chi connectivity index (χ0v) is 25.4. The number of ether oxygens (including phenoxy) is 1. The Morgan fingerprint density at radius 2 is 1.82 bits per heavy atom. The summed E-state index contributed by atoms with van der Waals surface area (Å²) in [7, 11) is 0. The van der Waals surface area contributed by atoms with Gasteiger partial charge in [0.15, 0.2) is 0 Å². The van der Waals surface area contributed by atoms with Gasteiger partial charge in [-0.25, -0.2) is 13.8 Å². The van der Waals surface area contributed by atoms with Crippen LogP contribution in [0.3, 0.4) is 0 Å². The number of fused-ring (bicyclic) bond motifs is 1. The van der Waals surface area contributed by atoms with Gasteiger partial charge in [-0.2, -0.15) is 0 Å². The lowest BCUT2D eigenvalue weighted by molar-refractivity contribution is -0.155. The fraction of sp³-hybridized carbons (Fsp3) is 0.433. The van der Waals surface area contributed by atoms with Gasteiger partial charge in [0, 0.05) is 53.0 Å². The summed E-state index contributed by atoms with van der Waals surface area (Å²) in [4.78, 5) is 33.3. The molecule has 214 valence electrons. The minimum atomic E-state index is -0.780. The molecule has 1 unspecified atom stereocenters. The third kappa shape index (κ3) is 6.92. The number of hydrogen-bond acceptors (Lipinski definition) is 5. The molecule has 4 rings (SSSR count). The molecule has 0 saturated carbocycles. The van der Waals surface area contributed by atoms with E-state index < -0.39 is 29.1 Å². The van der Waals surface area contributed by atoms with Gasteiger partial charge >= 0.3 is 5.97 Å². The predicted molar refractivity (Wildman–Crippen MR) is 157 cm³/mol. The van der Waals surface area contributed by atoms with Crippen molar-refractivity contribution in [3.63, 3.8) is 0 Å². The monoisotopic (exact) mass is 635 g/mol. The molecule has 1 saturated heterocycles. The Morgan fingerprint density at radius 1 is 1.15 bits per heavy atom. The van der Waals surface area contributed by atoms with Gasteiger partial charge in [-0.05, 0) is 77.3 Å². The number of esters is 1. The fourth-order valence-electron chi connectivity index (χ4n) is 5.10. The molecule has 1 N–H and O–H groups in total. The molecule has 1 aromatic heterocycles. The van der Waals surface area contributed by atoms with Crippen LogP contribution in [0.2, 0.25) is 5.02 Å². The van der Waals surface area contributed by atoms with E-state index in [1.165, 1.54) is 0 Å². The minimum Gasteiger partial charge on any atom is -0.460 e. The highest BCUT2D eigenvalue weighted by atomic mass is 79.9. The third-order valence-corrected chi connectivity index (χ3v) is 7.79. The van der Waals surface area contributed by atoms with Crippen molar-refractivity contribution < 1.29 is 23.1 Å². The van der Waals surface area contributed by atoms with Crippen LogP contribution in [0.4, 0.5) is 14.6 Å². The Bertz CT molecular complexity index is 1440. The molecule has 2 heterocycles.